The summed E-state index contributed by atoms with van der Waals surface area (Å²) in [6.07, 6.45) is 2.99. The Morgan fingerprint density at radius 3 is 2.11 bits per heavy atom. The van der Waals surface area contributed by atoms with E-state index < -0.39 is 5.60 Å². The molecule has 0 fully saturated rings. The smallest absolute Gasteiger partial charge is 0.120 e. The summed E-state index contributed by atoms with van der Waals surface area (Å²) in [7, 11) is 2.12. The molecule has 1 aliphatic rings. The largest absolute Gasteiger partial charge is 0.394 e. The zero-order chi connectivity index (χ0) is 19.8. The Hall–Kier alpha value is -1.72. The molecule has 1 N–H and O–H groups in total. The van der Waals surface area contributed by atoms with Gasteiger partial charge in [-0.1, -0.05) is 48.5 Å². The van der Waals surface area contributed by atoms with Gasteiger partial charge in [-0.05, 0) is 55.5 Å². The number of nitrogens with zero attached hydrogens (tertiary/aromatic N) is 1. The lowest BCUT2D eigenvalue weighted by atomic mass is 9.80. The second-order valence-corrected chi connectivity index (χ2v) is 7.46. The fraction of sp³-hybridized carbons (Fsp3) is 0.500. The highest BCUT2D eigenvalue weighted by Gasteiger charge is 2.39. The average Bonchev–Trinajstić information content (AvgIpc) is 2.86. The van der Waals surface area contributed by atoms with Gasteiger partial charge in [0.25, 0.3) is 0 Å². The number of aryl methyl sites for hydroxylation is 2. The van der Waals surface area contributed by atoms with Gasteiger partial charge in [-0.2, -0.15) is 0 Å². The molecule has 0 unspecified atom stereocenters. The maximum absolute atomic E-state index is 8.86. The highest BCUT2D eigenvalue weighted by Crippen LogP contribution is 2.43. The highest BCUT2D eigenvalue weighted by molar-refractivity contribution is 5.47. The standard InChI is InChI=1S/C24H33NO3/c1-3-28-24(14-15-25(2)16-18-27-19-17-26)22-10-6-4-8-20(22)12-13-21-9-5-7-11-23(21)24/h4-11,26H,3,12-19H2,1-2H3. The summed E-state index contributed by atoms with van der Waals surface area (Å²) < 4.78 is 12.0. The van der Waals surface area contributed by atoms with E-state index in [0.717, 1.165) is 32.4 Å². The van der Waals surface area contributed by atoms with E-state index in [9.17, 15) is 0 Å². The molecule has 4 nitrogen and oxygen atoms in total. The van der Waals surface area contributed by atoms with E-state index in [-0.39, 0.29) is 6.61 Å². The topological polar surface area (TPSA) is 41.9 Å². The Bertz CT molecular complexity index is 699. The molecule has 152 valence electrons. The van der Waals surface area contributed by atoms with Gasteiger partial charge in [-0.3, -0.25) is 0 Å². The van der Waals surface area contributed by atoms with Crippen molar-refractivity contribution in [3.63, 3.8) is 0 Å². The zero-order valence-corrected chi connectivity index (χ0v) is 17.2. The van der Waals surface area contributed by atoms with E-state index in [1.807, 2.05) is 0 Å². The van der Waals surface area contributed by atoms with Crippen LogP contribution in [0.1, 0.15) is 35.6 Å². The molecule has 0 radical (unpaired) electrons. The fourth-order valence-corrected chi connectivity index (χ4v) is 4.27. The van der Waals surface area contributed by atoms with Crippen molar-refractivity contribution in [2.75, 3.05) is 46.6 Å². The van der Waals surface area contributed by atoms with Gasteiger partial charge in [0, 0.05) is 19.7 Å². The van der Waals surface area contributed by atoms with Crippen LogP contribution in [0.5, 0.6) is 0 Å². The molecular formula is C24H33NO3. The minimum Gasteiger partial charge on any atom is -0.394 e. The van der Waals surface area contributed by atoms with Gasteiger partial charge in [-0.15, -0.1) is 0 Å². The third-order valence-corrected chi connectivity index (χ3v) is 5.66. The lowest BCUT2D eigenvalue weighted by Gasteiger charge is -2.37. The van der Waals surface area contributed by atoms with E-state index in [0.29, 0.717) is 19.8 Å². The predicted molar refractivity (Wildman–Crippen MR) is 113 cm³/mol. The summed E-state index contributed by atoms with van der Waals surface area (Å²) in [5.74, 6) is 0. The van der Waals surface area contributed by atoms with Crippen LogP contribution in [-0.4, -0.2) is 56.6 Å². The fourth-order valence-electron chi connectivity index (χ4n) is 4.27. The third kappa shape index (κ3) is 4.64. The van der Waals surface area contributed by atoms with Crippen LogP contribution in [0.4, 0.5) is 0 Å². The van der Waals surface area contributed by atoms with Crippen LogP contribution in [-0.2, 0) is 27.9 Å². The molecule has 0 bridgehead atoms. The van der Waals surface area contributed by atoms with Gasteiger partial charge in [0.1, 0.15) is 5.60 Å². The lowest BCUT2D eigenvalue weighted by molar-refractivity contribution is -0.0243. The molecule has 0 amide bonds. The van der Waals surface area contributed by atoms with Crippen LogP contribution >= 0.6 is 0 Å². The summed E-state index contributed by atoms with van der Waals surface area (Å²) in [4.78, 5) is 2.29. The molecule has 0 atom stereocenters. The Labute approximate surface area is 169 Å². The molecule has 3 rings (SSSR count). The van der Waals surface area contributed by atoms with Gasteiger partial charge >= 0.3 is 0 Å². The summed E-state index contributed by atoms with van der Waals surface area (Å²) in [5.41, 5.74) is 4.99. The van der Waals surface area contributed by atoms with Gasteiger partial charge in [0.05, 0.1) is 19.8 Å². The van der Waals surface area contributed by atoms with Crippen LogP contribution in [0.3, 0.4) is 0 Å². The molecule has 1 aliphatic carbocycles. The van der Waals surface area contributed by atoms with Crippen molar-refractivity contribution in [2.45, 2.75) is 31.8 Å². The van der Waals surface area contributed by atoms with Crippen molar-refractivity contribution < 1.29 is 14.6 Å². The molecular weight excluding hydrogens is 350 g/mol. The molecule has 0 spiro atoms. The number of rotatable bonds is 10. The molecule has 0 saturated carbocycles. The first-order valence-corrected chi connectivity index (χ1v) is 10.4. The van der Waals surface area contributed by atoms with Gasteiger partial charge < -0.3 is 19.5 Å². The molecule has 4 heteroatoms. The summed E-state index contributed by atoms with van der Waals surface area (Å²) >= 11 is 0. The van der Waals surface area contributed by atoms with E-state index in [2.05, 4.69) is 67.4 Å². The molecule has 0 heterocycles. The predicted octanol–water partition coefficient (Wildman–Crippen LogP) is 3.40. The number of hydrogen-bond acceptors (Lipinski definition) is 4. The van der Waals surface area contributed by atoms with Crippen molar-refractivity contribution in [2.24, 2.45) is 0 Å². The monoisotopic (exact) mass is 383 g/mol. The number of likely N-dealkylation sites (N-methyl/N-ethyl adjacent to an activating group) is 1. The quantitative estimate of drug-likeness (QED) is 0.639. The van der Waals surface area contributed by atoms with Crippen molar-refractivity contribution in [1.82, 2.24) is 4.90 Å². The third-order valence-electron chi connectivity index (χ3n) is 5.66. The van der Waals surface area contributed by atoms with Gasteiger partial charge in [0.15, 0.2) is 0 Å². The maximum atomic E-state index is 8.86. The minimum atomic E-state index is -0.418. The molecule has 0 aromatic heterocycles. The number of aliphatic hydroxyl groups is 1. The van der Waals surface area contributed by atoms with E-state index >= 15 is 0 Å². The number of hydrogen-bond donors (Lipinski definition) is 1. The van der Waals surface area contributed by atoms with Gasteiger partial charge in [0.2, 0.25) is 0 Å². The summed E-state index contributed by atoms with van der Waals surface area (Å²) in [6.45, 7) is 5.61. The Morgan fingerprint density at radius 1 is 0.929 bits per heavy atom. The second kappa shape index (κ2) is 10.2. The summed E-state index contributed by atoms with van der Waals surface area (Å²) in [6, 6.07) is 17.5. The minimum absolute atomic E-state index is 0.0741. The van der Waals surface area contributed by atoms with E-state index in [4.69, 9.17) is 14.6 Å². The van der Waals surface area contributed by atoms with Crippen molar-refractivity contribution in [1.29, 1.82) is 0 Å². The first kappa shape index (κ1) is 21.0. The molecule has 2 aromatic carbocycles. The molecule has 0 aliphatic heterocycles. The number of fused-ring (bicyclic) bond motifs is 2. The summed E-state index contributed by atoms with van der Waals surface area (Å²) in [5, 5.41) is 8.86. The lowest BCUT2D eigenvalue weighted by Crippen LogP contribution is -2.37. The molecule has 0 saturated heterocycles. The normalized spacial score (nSPS) is 15.1. The number of benzene rings is 2. The Morgan fingerprint density at radius 2 is 1.54 bits per heavy atom. The highest BCUT2D eigenvalue weighted by atomic mass is 16.5. The number of ether oxygens (including phenoxy) is 2. The first-order valence-electron chi connectivity index (χ1n) is 10.4. The van der Waals surface area contributed by atoms with Crippen molar-refractivity contribution in [3.8, 4) is 0 Å². The van der Waals surface area contributed by atoms with Gasteiger partial charge in [-0.25, -0.2) is 0 Å². The van der Waals surface area contributed by atoms with Crippen LogP contribution in [0.25, 0.3) is 0 Å². The first-order chi connectivity index (χ1) is 13.7. The number of aliphatic hydroxyl groups excluding tert-OH is 1. The Kier molecular flexibility index (Phi) is 7.63. The molecule has 2 aromatic rings. The van der Waals surface area contributed by atoms with Crippen molar-refractivity contribution >= 4 is 0 Å². The maximum Gasteiger partial charge on any atom is 0.120 e. The Balaban J connectivity index is 1.89. The molecule has 28 heavy (non-hydrogen) atoms. The van der Waals surface area contributed by atoms with E-state index in [1.165, 1.54) is 22.3 Å². The van der Waals surface area contributed by atoms with Crippen LogP contribution < -0.4 is 0 Å². The van der Waals surface area contributed by atoms with Crippen LogP contribution in [0, 0.1) is 0 Å². The van der Waals surface area contributed by atoms with Crippen LogP contribution in [0.2, 0.25) is 0 Å². The van der Waals surface area contributed by atoms with Crippen molar-refractivity contribution in [3.05, 3.63) is 70.8 Å². The second-order valence-electron chi connectivity index (χ2n) is 7.46. The van der Waals surface area contributed by atoms with E-state index in [1.54, 1.807) is 0 Å². The average molecular weight is 384 g/mol. The SMILES string of the molecule is CCOC1(CCN(C)CCOCCO)c2ccccc2CCc2ccccc21. The zero-order valence-electron chi connectivity index (χ0n) is 17.2. The van der Waals surface area contributed by atoms with Crippen LogP contribution in [0.15, 0.2) is 48.5 Å².